The van der Waals surface area contributed by atoms with E-state index in [2.05, 4.69) is 62.5 Å². The molecule has 2 aromatic rings. The molecule has 2 heterocycles. The number of aromatic nitrogens is 2. The first kappa shape index (κ1) is 85.6. The van der Waals surface area contributed by atoms with Gasteiger partial charge in [-0.05, 0) is 82.2 Å². The molecule has 0 radical (unpaired) electrons. The summed E-state index contributed by atoms with van der Waals surface area (Å²) in [6.07, 6.45) is 3.82. The largest absolute Gasteiger partial charge is 0.480 e. The van der Waals surface area contributed by atoms with Crippen LogP contribution in [0.5, 0.6) is 0 Å². The third kappa shape index (κ3) is 34.8. The van der Waals surface area contributed by atoms with Crippen LogP contribution in [0.3, 0.4) is 0 Å². The Morgan fingerprint density at radius 1 is 0.505 bits per heavy atom. The van der Waals surface area contributed by atoms with Gasteiger partial charge in [-0.15, -0.1) is 0 Å². The average molecular weight is 1430 g/mol. The summed E-state index contributed by atoms with van der Waals surface area (Å²) in [5.41, 5.74) is 35.1. The highest BCUT2D eigenvalue weighted by atomic mass is 16.4. The first-order chi connectivity index (χ1) is 47.9. The number of aromatic amines is 1. The predicted molar refractivity (Wildman–Crippen MR) is 373 cm³/mol. The number of unbranched alkanes of at least 4 members (excludes halogenated alkanes) is 1. The fourth-order valence-corrected chi connectivity index (χ4v) is 10.8. The topological polar surface area (TPSA) is 584 Å². The Balaban J connectivity index is 1.92. The summed E-state index contributed by atoms with van der Waals surface area (Å²) in [7, 11) is 0. The number of carbonyl (C=O) groups is 12. The van der Waals surface area contributed by atoms with Gasteiger partial charge in [-0.3, -0.25) is 87.1 Å². The molecule has 0 bridgehead atoms. The Hall–Kier alpha value is -9.59. The Kier molecular flexibility index (Phi) is 39.0. The van der Waals surface area contributed by atoms with Crippen molar-refractivity contribution in [3.05, 3.63) is 54.1 Å². The van der Waals surface area contributed by atoms with Crippen LogP contribution in [0.25, 0.3) is 0 Å². The van der Waals surface area contributed by atoms with E-state index < -0.39 is 138 Å². The van der Waals surface area contributed by atoms with Crippen LogP contribution in [-0.2, 0) is 70.4 Å². The molecule has 37 heteroatoms. The molecule has 564 valence electrons. The van der Waals surface area contributed by atoms with E-state index in [0.29, 0.717) is 25.0 Å². The van der Waals surface area contributed by atoms with Crippen LogP contribution in [-0.4, -0.2) is 274 Å². The number of primary amides is 1. The molecule has 3 rings (SSSR count). The molecule has 1 aromatic carbocycles. The van der Waals surface area contributed by atoms with Gasteiger partial charge >= 0.3 is 17.9 Å². The minimum atomic E-state index is -1.44. The number of rotatable bonds is 44. The van der Waals surface area contributed by atoms with Crippen LogP contribution in [0.1, 0.15) is 104 Å². The highest BCUT2D eigenvalue weighted by molar-refractivity contribution is 5.98. The van der Waals surface area contributed by atoms with E-state index in [1.165, 1.54) is 19.4 Å². The van der Waals surface area contributed by atoms with Crippen molar-refractivity contribution in [1.82, 2.24) is 72.1 Å². The molecule has 0 unspecified atom stereocenters. The lowest BCUT2D eigenvalue weighted by molar-refractivity contribution is -0.140. The molecule has 1 saturated heterocycles. The van der Waals surface area contributed by atoms with Gasteiger partial charge in [0.15, 0.2) is 11.9 Å². The second-order valence-corrected chi connectivity index (χ2v) is 25.5. The molecular weight excluding hydrogens is 1320 g/mol. The van der Waals surface area contributed by atoms with Crippen LogP contribution >= 0.6 is 0 Å². The molecule has 101 heavy (non-hydrogen) atoms. The monoisotopic (exact) mass is 1420 g/mol. The number of guanidine groups is 2. The van der Waals surface area contributed by atoms with Crippen LogP contribution in [0.15, 0.2) is 52.8 Å². The number of carbonyl (C=O) groups excluding carboxylic acids is 9. The van der Waals surface area contributed by atoms with Gasteiger partial charge in [0.25, 0.3) is 0 Å². The fraction of sp³-hybridized carbons (Fsp3) is 0.641. The standard InChI is InChI=1S/C64H108N22O15/c1-6-40(4)54(62(101)80-47(55(66)94)31-42-14-8-7-9-15-42)82-61(100)48(30-39(2)3)81-59(98)46(18-13-21-73-64(69)70)79-58(97)45(17-12-20-72-63(67)68)78-57(96)44(16-10-11-19-65)77-56(95)41(5)75-60(99)49(32-43-33-71-38-74-43)76-50(87)34-83-22-24-84(35-51(88)89)26-28-86(37-53(92)93)29-27-85(25-23-83)36-52(90)91/h7-9,14-15,33,38-41,44-49,54H,6,10-13,16-32,34-37,65H2,1-5H3,(H2,66,94)(H,71,74)(H,75,99)(H,76,87)(H,77,95)(H,78,96)(H,79,97)(H,80,101)(H,81,98)(H,82,100)(H,88,89)(H,90,91)(H,92,93)(H4,67,68,72)(H4,69,70,73)/t40-,41-,44-,45-,46-,47-,48-,49-,54-/m0/s1. The molecule has 1 aromatic heterocycles. The highest BCUT2D eigenvalue weighted by Gasteiger charge is 2.36. The first-order valence-corrected chi connectivity index (χ1v) is 34.0. The van der Waals surface area contributed by atoms with Gasteiger partial charge in [0.1, 0.15) is 48.3 Å². The number of carboxylic acids is 3. The van der Waals surface area contributed by atoms with E-state index in [0.717, 1.165) is 5.56 Å². The van der Waals surface area contributed by atoms with Gasteiger partial charge in [-0.1, -0.05) is 64.4 Å². The third-order valence-electron chi connectivity index (χ3n) is 16.6. The number of imidazole rings is 1. The lowest BCUT2D eigenvalue weighted by Gasteiger charge is -2.33. The summed E-state index contributed by atoms with van der Waals surface area (Å²) in [5.74, 6) is -11.7. The average Bonchev–Trinajstić information content (AvgIpc) is 1.03. The first-order valence-electron chi connectivity index (χ1n) is 34.0. The summed E-state index contributed by atoms with van der Waals surface area (Å²) in [5, 5.41) is 50.6. The van der Waals surface area contributed by atoms with E-state index in [9.17, 15) is 72.9 Å². The molecule has 0 aliphatic carbocycles. The molecule has 0 saturated carbocycles. The predicted octanol–water partition coefficient (Wildman–Crippen LogP) is -5.62. The van der Waals surface area contributed by atoms with Gasteiger partial charge in [0.05, 0.1) is 32.5 Å². The normalized spacial score (nSPS) is 16.2. The van der Waals surface area contributed by atoms with Crippen molar-refractivity contribution in [2.24, 2.45) is 56.2 Å². The Morgan fingerprint density at radius 2 is 0.931 bits per heavy atom. The zero-order valence-corrected chi connectivity index (χ0v) is 58.5. The van der Waals surface area contributed by atoms with Crippen molar-refractivity contribution in [2.45, 2.75) is 154 Å². The lowest BCUT2D eigenvalue weighted by Crippen LogP contribution is -2.61. The second-order valence-electron chi connectivity index (χ2n) is 25.5. The van der Waals surface area contributed by atoms with Crippen molar-refractivity contribution in [2.75, 3.05) is 98.2 Å². The van der Waals surface area contributed by atoms with Gasteiger partial charge in [-0.25, -0.2) is 4.98 Å². The number of benzene rings is 1. The Morgan fingerprint density at radius 3 is 1.35 bits per heavy atom. The molecule has 9 atom stereocenters. The van der Waals surface area contributed by atoms with Gasteiger partial charge in [-0.2, -0.15) is 0 Å². The fourth-order valence-electron chi connectivity index (χ4n) is 10.8. The molecule has 24 N–H and O–H groups in total. The number of hydrogen-bond donors (Lipinski definition) is 18. The smallest absolute Gasteiger partial charge is 0.317 e. The van der Waals surface area contributed by atoms with Crippen LogP contribution in [0, 0.1) is 11.8 Å². The molecule has 1 aliphatic rings. The number of nitrogens with one attached hydrogen (secondary N) is 9. The van der Waals surface area contributed by atoms with Crippen molar-refractivity contribution in [3.63, 3.8) is 0 Å². The molecule has 0 spiro atoms. The SMILES string of the molecule is CC[C@H](C)[C@H](NC(=O)[C@H](CC(C)C)NC(=O)[C@H](CCCN=C(N)N)NC(=O)[C@H](CCCN=C(N)N)NC(=O)[C@H](CCCCN)NC(=O)[C@H](C)NC(=O)[C@H](Cc1cnc[nH]1)NC(=O)CN1CCN(CC(=O)O)CCN(CC(=O)O)CCN(CC(=O)O)CC1)C(=O)N[C@@H](Cc1ccccc1)C(N)=O. The van der Waals surface area contributed by atoms with E-state index in [1.807, 2.05) is 6.92 Å². The maximum absolute atomic E-state index is 14.7. The van der Waals surface area contributed by atoms with E-state index >= 15 is 0 Å². The molecular formula is C64H108N22O15. The van der Waals surface area contributed by atoms with E-state index in [4.69, 9.17) is 34.4 Å². The van der Waals surface area contributed by atoms with Crippen molar-refractivity contribution >= 4 is 83.0 Å². The number of hydrogen-bond acceptors (Lipinski definition) is 20. The van der Waals surface area contributed by atoms with Crippen molar-refractivity contribution < 1.29 is 72.9 Å². The van der Waals surface area contributed by atoms with Crippen LogP contribution < -0.4 is 76.9 Å². The summed E-state index contributed by atoms with van der Waals surface area (Å²) < 4.78 is 0. The van der Waals surface area contributed by atoms with Gasteiger partial charge in [0, 0.05) is 90.2 Å². The van der Waals surface area contributed by atoms with Crippen molar-refractivity contribution in [3.8, 4) is 0 Å². The number of carboxylic acid groups (broad SMARTS) is 3. The van der Waals surface area contributed by atoms with Gasteiger partial charge < -0.3 is 97.2 Å². The number of nitrogens with zero attached hydrogens (tertiary/aromatic N) is 7. The molecule has 9 amide bonds. The highest BCUT2D eigenvalue weighted by Crippen LogP contribution is 2.15. The number of amides is 9. The van der Waals surface area contributed by atoms with E-state index in [-0.39, 0.29) is 154 Å². The molecule has 37 nitrogen and oxygen atoms in total. The number of aliphatic imine (C=N–C) groups is 2. The number of H-pyrrole nitrogens is 1. The van der Waals surface area contributed by atoms with E-state index in [1.54, 1.807) is 70.7 Å². The van der Waals surface area contributed by atoms with Crippen LogP contribution in [0.2, 0.25) is 0 Å². The quantitative estimate of drug-likeness (QED) is 0.0167. The number of aliphatic carboxylic acids is 3. The zero-order valence-electron chi connectivity index (χ0n) is 58.5. The molecule has 1 fully saturated rings. The number of nitrogens with two attached hydrogens (primary N) is 6. The second kappa shape index (κ2) is 46.0. The maximum atomic E-state index is 14.7. The Bertz CT molecular complexity index is 3010. The Labute approximate surface area is 588 Å². The summed E-state index contributed by atoms with van der Waals surface area (Å²) in [4.78, 5) is 184. The van der Waals surface area contributed by atoms with Crippen LogP contribution in [0.4, 0.5) is 0 Å². The minimum absolute atomic E-state index is 0.00518. The zero-order chi connectivity index (χ0) is 75.1. The van der Waals surface area contributed by atoms with Crippen molar-refractivity contribution in [1.29, 1.82) is 0 Å². The molecule has 1 aliphatic heterocycles. The summed E-state index contributed by atoms with van der Waals surface area (Å²) in [6.45, 7) is 8.20. The lowest BCUT2D eigenvalue weighted by atomic mass is 9.95. The third-order valence-corrected chi connectivity index (χ3v) is 16.6. The maximum Gasteiger partial charge on any atom is 0.317 e. The summed E-state index contributed by atoms with van der Waals surface area (Å²) in [6, 6.07) is -1.69. The summed E-state index contributed by atoms with van der Waals surface area (Å²) >= 11 is 0. The van der Waals surface area contributed by atoms with Gasteiger partial charge in [0.2, 0.25) is 53.2 Å². The minimum Gasteiger partial charge on any atom is -0.480 e.